The molecule has 1 aromatic heterocycles. The molecule has 4 heteroatoms. The minimum Gasteiger partial charge on any atom is -0.454 e. The molecule has 0 spiro atoms. The van der Waals surface area contributed by atoms with Gasteiger partial charge in [0.25, 0.3) is 5.91 Å². The summed E-state index contributed by atoms with van der Waals surface area (Å²) >= 11 is 0. The van der Waals surface area contributed by atoms with Crippen LogP contribution in [0.1, 0.15) is 40.4 Å². The fourth-order valence-corrected chi connectivity index (χ4v) is 2.54. The minimum absolute atomic E-state index is 0.0635. The van der Waals surface area contributed by atoms with Crippen LogP contribution in [0, 0.1) is 0 Å². The van der Waals surface area contributed by atoms with Crippen LogP contribution in [0.5, 0.6) is 0 Å². The smallest absolute Gasteiger partial charge is 0.289 e. The number of furan rings is 1. The molecule has 1 unspecified atom stereocenters. The molecule has 0 saturated carbocycles. The Kier molecular flexibility index (Phi) is 3.32. The quantitative estimate of drug-likeness (QED) is 0.912. The summed E-state index contributed by atoms with van der Waals surface area (Å²) in [6, 6.07) is 11.5. The molecule has 0 radical (unpaired) electrons. The summed E-state index contributed by atoms with van der Waals surface area (Å²) in [6.45, 7) is 3.21. The Morgan fingerprint density at radius 1 is 1.25 bits per heavy atom. The molecule has 2 heterocycles. The monoisotopic (exact) mass is 270 g/mol. The molecular formula is C16H18N2O2. The maximum Gasteiger partial charge on any atom is 0.289 e. The van der Waals surface area contributed by atoms with Crippen LogP contribution in [0.15, 0.2) is 40.8 Å². The number of carbonyl (C=O) groups excluding carboxylic acids is 1. The first-order valence-electron chi connectivity index (χ1n) is 6.86. The highest BCUT2D eigenvalue weighted by molar-refractivity contribution is 5.91. The highest BCUT2D eigenvalue weighted by Crippen LogP contribution is 2.22. The average molecular weight is 270 g/mol. The summed E-state index contributed by atoms with van der Waals surface area (Å²) in [5.74, 6) is 0.953. The number of hydrogen-bond acceptors (Lipinski definition) is 3. The second-order valence-corrected chi connectivity index (χ2v) is 5.24. The van der Waals surface area contributed by atoms with Crippen LogP contribution >= 0.6 is 0 Å². The zero-order valence-corrected chi connectivity index (χ0v) is 11.5. The molecule has 2 N–H and O–H groups in total. The molecule has 1 aliphatic heterocycles. The summed E-state index contributed by atoms with van der Waals surface area (Å²) in [7, 11) is 0. The van der Waals surface area contributed by atoms with Gasteiger partial charge in [-0.3, -0.25) is 4.79 Å². The van der Waals surface area contributed by atoms with Crippen molar-refractivity contribution >= 4 is 5.91 Å². The molecule has 0 bridgehead atoms. The lowest BCUT2D eigenvalue weighted by Crippen LogP contribution is -2.35. The van der Waals surface area contributed by atoms with Gasteiger partial charge in [-0.1, -0.05) is 24.3 Å². The van der Waals surface area contributed by atoms with Crippen LogP contribution in [0.3, 0.4) is 0 Å². The highest BCUT2D eigenvalue weighted by atomic mass is 16.4. The molecule has 1 aromatic carbocycles. The van der Waals surface area contributed by atoms with Crippen molar-refractivity contribution in [3.05, 3.63) is 59.0 Å². The van der Waals surface area contributed by atoms with Crippen molar-refractivity contribution in [3.8, 4) is 0 Å². The van der Waals surface area contributed by atoms with Crippen molar-refractivity contribution in [2.75, 3.05) is 6.54 Å². The van der Waals surface area contributed by atoms with Gasteiger partial charge in [0.05, 0.1) is 6.04 Å². The predicted molar refractivity (Wildman–Crippen MR) is 76.2 cm³/mol. The van der Waals surface area contributed by atoms with Gasteiger partial charge in [0.1, 0.15) is 5.76 Å². The van der Waals surface area contributed by atoms with E-state index in [2.05, 4.69) is 12.1 Å². The lowest BCUT2D eigenvalue weighted by Gasteiger charge is -2.28. The third-order valence-corrected chi connectivity index (χ3v) is 3.70. The third kappa shape index (κ3) is 2.34. The van der Waals surface area contributed by atoms with Crippen molar-refractivity contribution < 1.29 is 9.21 Å². The van der Waals surface area contributed by atoms with E-state index in [9.17, 15) is 4.79 Å². The average Bonchev–Trinajstić information content (AvgIpc) is 2.96. The molecule has 2 aromatic rings. The first-order valence-corrected chi connectivity index (χ1v) is 6.86. The van der Waals surface area contributed by atoms with Gasteiger partial charge in [-0.25, -0.2) is 0 Å². The Morgan fingerprint density at radius 2 is 2.00 bits per heavy atom. The fraction of sp³-hybridized carbons (Fsp3) is 0.312. The normalized spacial score (nSPS) is 15.8. The highest BCUT2D eigenvalue weighted by Gasteiger charge is 2.24. The van der Waals surface area contributed by atoms with E-state index in [1.165, 1.54) is 11.1 Å². The van der Waals surface area contributed by atoms with Crippen molar-refractivity contribution in [2.24, 2.45) is 5.73 Å². The van der Waals surface area contributed by atoms with Crippen LogP contribution in [0.4, 0.5) is 0 Å². The van der Waals surface area contributed by atoms with E-state index < -0.39 is 0 Å². The second-order valence-electron chi connectivity index (χ2n) is 5.24. The van der Waals surface area contributed by atoms with Crippen molar-refractivity contribution in [1.82, 2.24) is 4.90 Å². The van der Waals surface area contributed by atoms with Gasteiger partial charge in [0, 0.05) is 13.1 Å². The van der Waals surface area contributed by atoms with Gasteiger partial charge >= 0.3 is 0 Å². The van der Waals surface area contributed by atoms with Crippen molar-refractivity contribution in [1.29, 1.82) is 0 Å². The SMILES string of the molecule is CC(N)c1ccc(C(=O)N2CCc3ccccc3C2)o1. The Balaban J connectivity index is 1.78. The van der Waals surface area contributed by atoms with E-state index in [4.69, 9.17) is 10.2 Å². The van der Waals surface area contributed by atoms with E-state index >= 15 is 0 Å². The fourth-order valence-electron chi connectivity index (χ4n) is 2.54. The van der Waals surface area contributed by atoms with E-state index in [-0.39, 0.29) is 11.9 Å². The number of carbonyl (C=O) groups is 1. The lowest BCUT2D eigenvalue weighted by atomic mass is 10.00. The number of nitrogens with two attached hydrogens (primary N) is 1. The lowest BCUT2D eigenvalue weighted by molar-refractivity contribution is 0.0700. The van der Waals surface area contributed by atoms with Gasteiger partial charge < -0.3 is 15.1 Å². The van der Waals surface area contributed by atoms with E-state index in [0.29, 0.717) is 18.1 Å². The number of rotatable bonds is 2. The minimum atomic E-state index is -0.196. The number of benzene rings is 1. The summed E-state index contributed by atoms with van der Waals surface area (Å²) in [5.41, 5.74) is 8.29. The molecule has 3 rings (SSSR count). The summed E-state index contributed by atoms with van der Waals surface area (Å²) in [4.78, 5) is 14.3. The first-order chi connectivity index (χ1) is 9.65. The van der Waals surface area contributed by atoms with Gasteiger partial charge in [0.2, 0.25) is 0 Å². The summed E-state index contributed by atoms with van der Waals surface area (Å²) in [6.07, 6.45) is 0.892. The van der Waals surface area contributed by atoms with Gasteiger partial charge in [0.15, 0.2) is 5.76 Å². The van der Waals surface area contributed by atoms with Crippen LogP contribution in [0.2, 0.25) is 0 Å². The summed E-state index contributed by atoms with van der Waals surface area (Å²) in [5, 5.41) is 0. The van der Waals surface area contributed by atoms with Crippen LogP contribution in [-0.4, -0.2) is 17.4 Å². The molecular weight excluding hydrogens is 252 g/mol. The molecule has 0 fully saturated rings. The van der Waals surface area contributed by atoms with E-state index in [1.54, 1.807) is 12.1 Å². The molecule has 1 amide bonds. The Labute approximate surface area is 118 Å². The van der Waals surface area contributed by atoms with E-state index in [0.717, 1.165) is 13.0 Å². The Morgan fingerprint density at radius 3 is 2.70 bits per heavy atom. The standard InChI is InChI=1S/C16H18N2O2/c1-11(17)14-6-7-15(20-14)16(19)18-9-8-12-4-2-3-5-13(12)10-18/h2-7,11H,8-10,17H2,1H3. The van der Waals surface area contributed by atoms with Crippen molar-refractivity contribution in [3.63, 3.8) is 0 Å². The van der Waals surface area contributed by atoms with Crippen LogP contribution in [-0.2, 0) is 13.0 Å². The van der Waals surface area contributed by atoms with Gasteiger partial charge in [-0.15, -0.1) is 0 Å². The van der Waals surface area contributed by atoms with E-state index in [1.807, 2.05) is 24.0 Å². The zero-order valence-electron chi connectivity index (χ0n) is 11.5. The number of hydrogen-bond donors (Lipinski definition) is 1. The summed E-state index contributed by atoms with van der Waals surface area (Å²) < 4.78 is 5.53. The van der Waals surface area contributed by atoms with Gasteiger partial charge in [-0.05, 0) is 36.6 Å². The molecule has 1 atom stereocenters. The largest absolute Gasteiger partial charge is 0.454 e. The maximum atomic E-state index is 12.4. The number of fused-ring (bicyclic) bond motifs is 1. The maximum absolute atomic E-state index is 12.4. The first kappa shape index (κ1) is 12.9. The third-order valence-electron chi connectivity index (χ3n) is 3.70. The van der Waals surface area contributed by atoms with Crippen molar-refractivity contribution in [2.45, 2.75) is 25.9 Å². The predicted octanol–water partition coefficient (Wildman–Crippen LogP) is 2.50. The topological polar surface area (TPSA) is 59.5 Å². The molecule has 20 heavy (non-hydrogen) atoms. The zero-order chi connectivity index (χ0) is 14.1. The molecule has 0 saturated heterocycles. The molecule has 1 aliphatic rings. The molecule has 4 nitrogen and oxygen atoms in total. The Bertz CT molecular complexity index is 631. The van der Waals surface area contributed by atoms with Crippen LogP contribution in [0.25, 0.3) is 0 Å². The van der Waals surface area contributed by atoms with Crippen LogP contribution < -0.4 is 5.73 Å². The molecule has 0 aliphatic carbocycles. The number of amides is 1. The Hall–Kier alpha value is -2.07. The second kappa shape index (κ2) is 5.13. The molecule has 104 valence electrons. The number of nitrogens with zero attached hydrogens (tertiary/aromatic N) is 1. The van der Waals surface area contributed by atoms with Gasteiger partial charge in [-0.2, -0.15) is 0 Å².